The van der Waals surface area contributed by atoms with E-state index >= 15 is 0 Å². The molecule has 0 aromatic heterocycles. The van der Waals surface area contributed by atoms with Gasteiger partial charge in [0.15, 0.2) is 0 Å². The van der Waals surface area contributed by atoms with Crippen LogP contribution in [0.15, 0.2) is 58.8 Å². The van der Waals surface area contributed by atoms with E-state index in [0.717, 1.165) is 34.6 Å². The lowest BCUT2D eigenvalue weighted by Gasteiger charge is -2.11. The van der Waals surface area contributed by atoms with Gasteiger partial charge in [0, 0.05) is 25.1 Å². The number of halogens is 1. The molecule has 0 amide bonds. The second kappa shape index (κ2) is 8.54. The van der Waals surface area contributed by atoms with Gasteiger partial charge >= 0.3 is 0 Å². The first kappa shape index (κ1) is 16.5. The monoisotopic (exact) mass is 361 g/mol. The zero-order chi connectivity index (χ0) is 15.8. The minimum atomic E-state index is 0.713. The zero-order valence-electron chi connectivity index (χ0n) is 12.9. The van der Waals surface area contributed by atoms with Gasteiger partial charge in [0.2, 0.25) is 0 Å². The molecule has 22 heavy (non-hydrogen) atoms. The fourth-order valence-electron chi connectivity index (χ4n) is 1.79. The maximum absolute atomic E-state index is 5.59. The summed E-state index contributed by atoms with van der Waals surface area (Å²) in [5, 5.41) is 9.43. The number of rotatable bonds is 7. The Hall–Kier alpha value is -1.88. The number of benzene rings is 2. The zero-order valence-corrected chi connectivity index (χ0v) is 14.5. The standard InChI is InChI=1S/C17H20BrN3O/c1-21(2)16-8-4-14(5-9-16)19-20-15-6-10-17(11-7-15)22-13-3-12-18/h4-11H,3,12-13H2,1-2H3. The number of ether oxygens (including phenoxy) is 1. The number of hydrogen-bond donors (Lipinski definition) is 0. The Kier molecular flexibility index (Phi) is 6.40. The summed E-state index contributed by atoms with van der Waals surface area (Å²) in [4.78, 5) is 2.05. The molecular weight excluding hydrogens is 342 g/mol. The molecule has 0 N–H and O–H groups in total. The van der Waals surface area contributed by atoms with Crippen LogP contribution in [0.25, 0.3) is 0 Å². The molecular formula is C17H20BrN3O. The Bertz CT molecular complexity index is 594. The van der Waals surface area contributed by atoms with Crippen molar-refractivity contribution in [2.75, 3.05) is 30.9 Å². The highest BCUT2D eigenvalue weighted by Crippen LogP contribution is 2.23. The van der Waals surface area contributed by atoms with E-state index in [1.807, 2.05) is 62.6 Å². The molecule has 0 atom stereocenters. The average molecular weight is 362 g/mol. The van der Waals surface area contributed by atoms with Crippen LogP contribution in [-0.4, -0.2) is 26.0 Å². The first-order valence-electron chi connectivity index (χ1n) is 7.17. The quantitative estimate of drug-likeness (QED) is 0.379. The van der Waals surface area contributed by atoms with Gasteiger partial charge in [0.05, 0.1) is 18.0 Å². The summed E-state index contributed by atoms with van der Waals surface area (Å²) in [6.07, 6.45) is 0.990. The van der Waals surface area contributed by atoms with Crippen LogP contribution in [0.2, 0.25) is 0 Å². The van der Waals surface area contributed by atoms with Crippen molar-refractivity contribution in [2.45, 2.75) is 6.42 Å². The lowest BCUT2D eigenvalue weighted by Crippen LogP contribution is -2.07. The fraction of sp³-hybridized carbons (Fsp3) is 0.294. The highest BCUT2D eigenvalue weighted by Gasteiger charge is 1.96. The largest absolute Gasteiger partial charge is 0.494 e. The van der Waals surface area contributed by atoms with Gasteiger partial charge < -0.3 is 9.64 Å². The second-order valence-electron chi connectivity index (χ2n) is 5.00. The molecule has 2 aromatic carbocycles. The van der Waals surface area contributed by atoms with Gasteiger partial charge in [-0.05, 0) is 55.0 Å². The van der Waals surface area contributed by atoms with E-state index in [-0.39, 0.29) is 0 Å². The molecule has 0 unspecified atom stereocenters. The van der Waals surface area contributed by atoms with E-state index in [4.69, 9.17) is 4.74 Å². The predicted molar refractivity (Wildman–Crippen MR) is 95.3 cm³/mol. The van der Waals surface area contributed by atoms with Gasteiger partial charge in [-0.1, -0.05) is 15.9 Å². The van der Waals surface area contributed by atoms with Crippen molar-refractivity contribution in [3.63, 3.8) is 0 Å². The minimum absolute atomic E-state index is 0.713. The molecule has 2 rings (SSSR count). The highest BCUT2D eigenvalue weighted by atomic mass is 79.9. The van der Waals surface area contributed by atoms with Gasteiger partial charge in [-0.25, -0.2) is 0 Å². The predicted octanol–water partition coefficient (Wildman–Crippen LogP) is 5.33. The van der Waals surface area contributed by atoms with Crippen molar-refractivity contribution in [1.82, 2.24) is 0 Å². The van der Waals surface area contributed by atoms with E-state index < -0.39 is 0 Å². The van der Waals surface area contributed by atoms with Crippen molar-refractivity contribution >= 4 is 33.0 Å². The summed E-state index contributed by atoms with van der Waals surface area (Å²) in [7, 11) is 4.02. The van der Waals surface area contributed by atoms with Crippen molar-refractivity contribution in [1.29, 1.82) is 0 Å². The SMILES string of the molecule is CN(C)c1ccc(N=Nc2ccc(OCCCBr)cc2)cc1. The van der Waals surface area contributed by atoms with Crippen LogP contribution in [0, 0.1) is 0 Å². The normalized spacial score (nSPS) is 10.9. The Balaban J connectivity index is 1.94. The van der Waals surface area contributed by atoms with Crippen LogP contribution in [0.3, 0.4) is 0 Å². The topological polar surface area (TPSA) is 37.2 Å². The summed E-state index contributed by atoms with van der Waals surface area (Å²) >= 11 is 3.38. The van der Waals surface area contributed by atoms with Crippen molar-refractivity contribution in [2.24, 2.45) is 10.2 Å². The summed E-state index contributed by atoms with van der Waals surface area (Å²) in [6, 6.07) is 15.6. The molecule has 0 bridgehead atoms. The number of hydrogen-bond acceptors (Lipinski definition) is 4. The van der Waals surface area contributed by atoms with Gasteiger partial charge in [-0.2, -0.15) is 10.2 Å². The molecule has 0 saturated heterocycles. The van der Waals surface area contributed by atoms with Crippen molar-refractivity contribution in [3.05, 3.63) is 48.5 Å². The number of nitrogens with zero attached hydrogens (tertiary/aromatic N) is 3. The first-order chi connectivity index (χ1) is 10.7. The minimum Gasteiger partial charge on any atom is -0.494 e. The average Bonchev–Trinajstić information content (AvgIpc) is 2.55. The van der Waals surface area contributed by atoms with E-state index in [9.17, 15) is 0 Å². The molecule has 0 heterocycles. The van der Waals surface area contributed by atoms with E-state index in [1.54, 1.807) is 0 Å². The van der Waals surface area contributed by atoms with Crippen LogP contribution in [-0.2, 0) is 0 Å². The van der Waals surface area contributed by atoms with Crippen LogP contribution in [0.4, 0.5) is 17.1 Å². The van der Waals surface area contributed by atoms with Gasteiger partial charge in [0.25, 0.3) is 0 Å². The molecule has 0 radical (unpaired) electrons. The maximum atomic E-state index is 5.59. The van der Waals surface area contributed by atoms with E-state index in [2.05, 4.69) is 31.1 Å². The number of azo groups is 1. The van der Waals surface area contributed by atoms with Crippen molar-refractivity contribution in [3.8, 4) is 5.75 Å². The van der Waals surface area contributed by atoms with Crippen molar-refractivity contribution < 1.29 is 4.74 Å². The lowest BCUT2D eigenvalue weighted by molar-refractivity contribution is 0.319. The van der Waals surface area contributed by atoms with E-state index in [0.29, 0.717) is 6.61 Å². The number of alkyl halides is 1. The maximum Gasteiger partial charge on any atom is 0.119 e. The van der Waals surface area contributed by atoms with Gasteiger partial charge in [0.1, 0.15) is 5.75 Å². The Morgan fingerprint density at radius 1 is 0.909 bits per heavy atom. The van der Waals surface area contributed by atoms with Gasteiger partial charge in [-0.3, -0.25) is 0 Å². The first-order valence-corrected chi connectivity index (χ1v) is 8.29. The third-order valence-corrected chi connectivity index (χ3v) is 3.59. The molecule has 0 aliphatic carbocycles. The van der Waals surface area contributed by atoms with Crippen LogP contribution >= 0.6 is 15.9 Å². The smallest absolute Gasteiger partial charge is 0.119 e. The third-order valence-electron chi connectivity index (χ3n) is 3.03. The Morgan fingerprint density at radius 2 is 1.45 bits per heavy atom. The molecule has 0 spiro atoms. The molecule has 116 valence electrons. The Morgan fingerprint density at radius 3 is 1.95 bits per heavy atom. The molecule has 0 aliphatic heterocycles. The number of anilines is 1. The molecule has 4 nitrogen and oxygen atoms in total. The molecule has 0 aliphatic rings. The highest BCUT2D eigenvalue weighted by molar-refractivity contribution is 9.09. The molecule has 0 saturated carbocycles. The van der Waals surface area contributed by atoms with Crippen LogP contribution in [0.5, 0.6) is 5.75 Å². The van der Waals surface area contributed by atoms with E-state index in [1.165, 1.54) is 0 Å². The summed E-state index contributed by atoms with van der Waals surface area (Å²) in [5.41, 5.74) is 2.79. The summed E-state index contributed by atoms with van der Waals surface area (Å²) < 4.78 is 5.59. The van der Waals surface area contributed by atoms with Gasteiger partial charge in [-0.15, -0.1) is 0 Å². The molecule has 2 aromatic rings. The lowest BCUT2D eigenvalue weighted by atomic mass is 10.3. The fourth-order valence-corrected chi connectivity index (χ4v) is 2.02. The summed E-state index contributed by atoms with van der Waals surface area (Å²) in [6.45, 7) is 0.713. The van der Waals surface area contributed by atoms with Crippen LogP contribution < -0.4 is 9.64 Å². The Labute approximate surface area is 140 Å². The molecule has 5 heteroatoms. The van der Waals surface area contributed by atoms with Crippen LogP contribution in [0.1, 0.15) is 6.42 Å². The summed E-state index contributed by atoms with van der Waals surface area (Å²) in [5.74, 6) is 0.857. The second-order valence-corrected chi connectivity index (χ2v) is 5.79. The molecule has 0 fully saturated rings. The third kappa shape index (κ3) is 5.15.